The number of thiocarbonyl (C=S) groups is 1. The molecule has 0 aliphatic carbocycles. The molecule has 2 aromatic rings. The predicted octanol–water partition coefficient (Wildman–Crippen LogP) is 3.48. The van der Waals surface area contributed by atoms with Crippen LogP contribution >= 0.6 is 12.2 Å². The summed E-state index contributed by atoms with van der Waals surface area (Å²) >= 11 is 4.90. The fourth-order valence-corrected chi connectivity index (χ4v) is 2.06. The molecule has 3 nitrogen and oxygen atoms in total. The zero-order valence-electron chi connectivity index (χ0n) is 12.0. The minimum Gasteiger partial charge on any atom is -0.491 e. The monoisotopic (exact) mass is 301 g/mol. The van der Waals surface area contributed by atoms with Gasteiger partial charge in [0.15, 0.2) is 0 Å². The molecule has 2 aromatic carbocycles. The quantitative estimate of drug-likeness (QED) is 0.628. The lowest BCUT2D eigenvalue weighted by Gasteiger charge is -2.14. The third-order valence-electron chi connectivity index (χ3n) is 3.13. The van der Waals surface area contributed by atoms with E-state index in [-0.39, 0.29) is 6.10 Å². The molecule has 110 valence electrons. The van der Waals surface area contributed by atoms with Crippen LogP contribution in [0.25, 0.3) is 0 Å². The molecule has 2 N–H and O–H groups in total. The molecule has 2 rings (SSSR count). The Hall–Kier alpha value is -1.91. The molecule has 0 aliphatic rings. The molecule has 0 amide bonds. The SMILES string of the molecule is CC(OCCOc1ccc(C(N)=S)cc1)c1ccccc1. The van der Waals surface area contributed by atoms with E-state index < -0.39 is 0 Å². The lowest BCUT2D eigenvalue weighted by Crippen LogP contribution is -2.10. The third-order valence-corrected chi connectivity index (χ3v) is 3.36. The van der Waals surface area contributed by atoms with E-state index in [2.05, 4.69) is 12.1 Å². The fourth-order valence-electron chi connectivity index (χ4n) is 1.92. The third kappa shape index (κ3) is 4.85. The maximum atomic E-state index is 5.75. The molecule has 1 unspecified atom stereocenters. The van der Waals surface area contributed by atoms with E-state index in [1.54, 1.807) is 0 Å². The first-order valence-electron chi connectivity index (χ1n) is 6.86. The molecule has 4 heteroatoms. The van der Waals surface area contributed by atoms with Crippen molar-refractivity contribution in [3.63, 3.8) is 0 Å². The van der Waals surface area contributed by atoms with Crippen LogP contribution in [0.5, 0.6) is 5.75 Å². The lowest BCUT2D eigenvalue weighted by molar-refractivity contribution is 0.0439. The van der Waals surface area contributed by atoms with Crippen LogP contribution in [0.4, 0.5) is 0 Å². The molecule has 0 spiro atoms. The zero-order chi connectivity index (χ0) is 15.1. The minimum atomic E-state index is 0.0618. The van der Waals surface area contributed by atoms with Gasteiger partial charge in [-0.25, -0.2) is 0 Å². The van der Waals surface area contributed by atoms with Gasteiger partial charge in [0.2, 0.25) is 0 Å². The number of nitrogens with two attached hydrogens (primary N) is 1. The van der Waals surface area contributed by atoms with Gasteiger partial charge in [-0.05, 0) is 36.8 Å². The van der Waals surface area contributed by atoms with Gasteiger partial charge in [0.1, 0.15) is 17.3 Å². The summed E-state index contributed by atoms with van der Waals surface area (Å²) in [4.78, 5) is 0.390. The van der Waals surface area contributed by atoms with Gasteiger partial charge in [0.25, 0.3) is 0 Å². The Labute approximate surface area is 130 Å². The Morgan fingerprint density at radius 3 is 2.33 bits per heavy atom. The summed E-state index contributed by atoms with van der Waals surface area (Å²) in [5.74, 6) is 0.783. The normalized spacial score (nSPS) is 11.9. The molecule has 0 saturated carbocycles. The van der Waals surface area contributed by atoms with E-state index in [0.717, 1.165) is 11.3 Å². The van der Waals surface area contributed by atoms with Crippen molar-refractivity contribution in [2.45, 2.75) is 13.0 Å². The van der Waals surface area contributed by atoms with Gasteiger partial charge in [0.05, 0.1) is 12.7 Å². The highest BCUT2D eigenvalue weighted by molar-refractivity contribution is 7.80. The maximum absolute atomic E-state index is 5.75. The Kier molecular flexibility index (Phi) is 5.72. The summed E-state index contributed by atoms with van der Waals surface area (Å²) in [6.45, 7) is 3.07. The first kappa shape index (κ1) is 15.5. The molecular weight excluding hydrogens is 282 g/mol. The van der Waals surface area contributed by atoms with Crippen LogP contribution in [0.15, 0.2) is 54.6 Å². The molecule has 0 saturated heterocycles. The van der Waals surface area contributed by atoms with Crippen molar-refractivity contribution in [3.8, 4) is 5.75 Å². The summed E-state index contributed by atoms with van der Waals surface area (Å²) in [5.41, 5.74) is 7.55. The molecule has 0 fully saturated rings. The molecular formula is C17H19NO2S. The summed E-state index contributed by atoms with van der Waals surface area (Å²) < 4.78 is 11.4. The van der Waals surface area contributed by atoms with Crippen LogP contribution in [0, 0.1) is 0 Å². The van der Waals surface area contributed by atoms with E-state index >= 15 is 0 Å². The molecule has 0 heterocycles. The van der Waals surface area contributed by atoms with Crippen LogP contribution < -0.4 is 10.5 Å². The maximum Gasteiger partial charge on any atom is 0.119 e. The van der Waals surface area contributed by atoms with Gasteiger partial charge >= 0.3 is 0 Å². The predicted molar refractivity (Wildman–Crippen MR) is 88.6 cm³/mol. The highest BCUT2D eigenvalue weighted by Crippen LogP contribution is 2.16. The molecule has 1 atom stereocenters. The largest absolute Gasteiger partial charge is 0.491 e. The van der Waals surface area contributed by atoms with Crippen molar-refractivity contribution < 1.29 is 9.47 Å². The summed E-state index contributed by atoms with van der Waals surface area (Å²) in [6, 6.07) is 17.5. The molecule has 0 aromatic heterocycles. The first-order chi connectivity index (χ1) is 10.2. The second kappa shape index (κ2) is 7.76. The molecule has 0 bridgehead atoms. The number of rotatable bonds is 7. The van der Waals surface area contributed by atoms with Crippen molar-refractivity contribution >= 4 is 17.2 Å². The van der Waals surface area contributed by atoms with E-state index in [0.29, 0.717) is 18.2 Å². The van der Waals surface area contributed by atoms with Crippen molar-refractivity contribution in [2.75, 3.05) is 13.2 Å². The number of benzene rings is 2. The molecule has 21 heavy (non-hydrogen) atoms. The molecule has 0 aliphatic heterocycles. The fraction of sp³-hybridized carbons (Fsp3) is 0.235. The lowest BCUT2D eigenvalue weighted by atomic mass is 10.1. The second-order valence-corrected chi connectivity index (χ2v) is 5.10. The van der Waals surface area contributed by atoms with Gasteiger partial charge in [-0.15, -0.1) is 0 Å². The van der Waals surface area contributed by atoms with E-state index in [4.69, 9.17) is 27.4 Å². The Balaban J connectivity index is 1.73. The van der Waals surface area contributed by atoms with Crippen molar-refractivity contribution in [1.82, 2.24) is 0 Å². The summed E-state index contributed by atoms with van der Waals surface area (Å²) in [5, 5.41) is 0. The van der Waals surface area contributed by atoms with Gasteiger partial charge in [-0.3, -0.25) is 0 Å². The van der Waals surface area contributed by atoms with Gasteiger partial charge in [-0.2, -0.15) is 0 Å². The topological polar surface area (TPSA) is 44.5 Å². The van der Waals surface area contributed by atoms with Gasteiger partial charge in [-0.1, -0.05) is 42.5 Å². The van der Waals surface area contributed by atoms with E-state index in [1.165, 1.54) is 5.56 Å². The average Bonchev–Trinajstić information content (AvgIpc) is 2.52. The number of ether oxygens (including phenoxy) is 2. The minimum absolute atomic E-state index is 0.0618. The Morgan fingerprint density at radius 1 is 1.05 bits per heavy atom. The van der Waals surface area contributed by atoms with Crippen molar-refractivity contribution in [3.05, 3.63) is 65.7 Å². The summed E-state index contributed by atoms with van der Waals surface area (Å²) in [6.07, 6.45) is 0.0618. The molecule has 0 radical (unpaired) electrons. The zero-order valence-corrected chi connectivity index (χ0v) is 12.8. The van der Waals surface area contributed by atoms with Crippen LogP contribution in [0.2, 0.25) is 0 Å². The average molecular weight is 301 g/mol. The second-order valence-electron chi connectivity index (χ2n) is 4.66. The van der Waals surface area contributed by atoms with Gasteiger partial charge < -0.3 is 15.2 Å². The number of hydrogen-bond donors (Lipinski definition) is 1. The van der Waals surface area contributed by atoms with Crippen LogP contribution in [-0.2, 0) is 4.74 Å². The Morgan fingerprint density at radius 2 is 1.71 bits per heavy atom. The smallest absolute Gasteiger partial charge is 0.119 e. The van der Waals surface area contributed by atoms with Gasteiger partial charge in [0, 0.05) is 5.56 Å². The standard InChI is InChI=1S/C17H19NO2S/c1-13(14-5-3-2-4-6-14)19-11-12-20-16-9-7-15(8-10-16)17(18)21/h2-10,13H,11-12H2,1H3,(H2,18,21). The highest BCUT2D eigenvalue weighted by Gasteiger charge is 2.04. The van der Waals surface area contributed by atoms with E-state index in [9.17, 15) is 0 Å². The number of hydrogen-bond acceptors (Lipinski definition) is 3. The van der Waals surface area contributed by atoms with Crippen LogP contribution in [-0.4, -0.2) is 18.2 Å². The highest BCUT2D eigenvalue weighted by atomic mass is 32.1. The van der Waals surface area contributed by atoms with Crippen molar-refractivity contribution in [2.24, 2.45) is 5.73 Å². The van der Waals surface area contributed by atoms with Crippen LogP contribution in [0.3, 0.4) is 0 Å². The van der Waals surface area contributed by atoms with E-state index in [1.807, 2.05) is 49.4 Å². The first-order valence-corrected chi connectivity index (χ1v) is 7.27. The van der Waals surface area contributed by atoms with Crippen molar-refractivity contribution in [1.29, 1.82) is 0 Å². The Bertz CT molecular complexity index is 569. The summed E-state index contributed by atoms with van der Waals surface area (Å²) in [7, 11) is 0. The van der Waals surface area contributed by atoms with Crippen LogP contribution in [0.1, 0.15) is 24.2 Å².